The van der Waals surface area contributed by atoms with Crippen molar-refractivity contribution in [2.45, 2.75) is 12.8 Å². The molecule has 7 heteroatoms. The number of carbonyl (C=O) groups excluding carboxylic acids is 1. The summed E-state index contributed by atoms with van der Waals surface area (Å²) in [5.74, 6) is -0.686. The van der Waals surface area contributed by atoms with E-state index in [1.165, 1.54) is 6.07 Å². The first-order valence-corrected chi connectivity index (χ1v) is 6.01. The van der Waals surface area contributed by atoms with Gasteiger partial charge >= 0.3 is 0 Å². The summed E-state index contributed by atoms with van der Waals surface area (Å²) in [5.41, 5.74) is -0.832. The average molecular weight is 267 g/mol. The molecule has 0 atom stereocenters. The number of benzene rings is 1. The Balaban J connectivity index is 1.96. The van der Waals surface area contributed by atoms with Gasteiger partial charge in [-0.2, -0.15) is 0 Å². The van der Waals surface area contributed by atoms with Gasteiger partial charge in [-0.25, -0.2) is 4.39 Å². The van der Waals surface area contributed by atoms with Crippen LogP contribution in [0.3, 0.4) is 0 Å². The maximum Gasteiger partial charge on any atom is 0.295 e. The lowest BCUT2D eigenvalue weighted by Crippen LogP contribution is -2.29. The van der Waals surface area contributed by atoms with Crippen LogP contribution >= 0.6 is 0 Å². The fourth-order valence-electron chi connectivity index (χ4n) is 1.68. The van der Waals surface area contributed by atoms with Crippen molar-refractivity contribution < 1.29 is 14.1 Å². The van der Waals surface area contributed by atoms with E-state index in [-0.39, 0.29) is 12.2 Å². The number of hydrogen-bond donors (Lipinski definition) is 2. The van der Waals surface area contributed by atoms with Crippen molar-refractivity contribution in [3.63, 3.8) is 0 Å². The van der Waals surface area contributed by atoms with Gasteiger partial charge in [0.2, 0.25) is 5.91 Å². The van der Waals surface area contributed by atoms with Crippen LogP contribution in [0.2, 0.25) is 0 Å². The first-order valence-electron chi connectivity index (χ1n) is 6.01. The van der Waals surface area contributed by atoms with Crippen molar-refractivity contribution in [3.05, 3.63) is 34.1 Å². The molecule has 0 spiro atoms. The molecule has 1 aromatic rings. The van der Waals surface area contributed by atoms with Gasteiger partial charge in [-0.15, -0.1) is 0 Å². The van der Waals surface area contributed by atoms with Gasteiger partial charge in [-0.1, -0.05) is 6.07 Å². The van der Waals surface area contributed by atoms with Crippen molar-refractivity contribution in [1.29, 1.82) is 0 Å². The van der Waals surface area contributed by atoms with E-state index < -0.39 is 22.3 Å². The van der Waals surface area contributed by atoms with E-state index >= 15 is 0 Å². The van der Waals surface area contributed by atoms with Crippen LogP contribution in [0, 0.1) is 21.8 Å². The van der Waals surface area contributed by atoms with Gasteiger partial charge < -0.3 is 10.6 Å². The molecule has 0 aliphatic heterocycles. The number of anilines is 1. The number of rotatable bonds is 6. The van der Waals surface area contributed by atoms with Gasteiger partial charge in [0.05, 0.1) is 11.5 Å². The number of nitro benzene ring substituents is 1. The van der Waals surface area contributed by atoms with Crippen LogP contribution < -0.4 is 10.6 Å². The number of para-hydroxylation sites is 1. The van der Waals surface area contributed by atoms with E-state index in [2.05, 4.69) is 10.6 Å². The lowest BCUT2D eigenvalue weighted by molar-refractivity contribution is -0.384. The van der Waals surface area contributed by atoms with Crippen LogP contribution in [0.4, 0.5) is 15.8 Å². The minimum absolute atomic E-state index is 0.0159. The molecular formula is C12H14FN3O3. The summed E-state index contributed by atoms with van der Waals surface area (Å²) in [6, 6.07) is 3.45. The zero-order valence-electron chi connectivity index (χ0n) is 10.2. The minimum Gasteiger partial charge on any atom is -0.317 e. The number of hydrogen-bond acceptors (Lipinski definition) is 4. The summed E-state index contributed by atoms with van der Waals surface area (Å²) in [4.78, 5) is 21.6. The molecule has 19 heavy (non-hydrogen) atoms. The predicted molar refractivity (Wildman–Crippen MR) is 67.3 cm³/mol. The normalized spacial score (nSPS) is 14.2. The highest BCUT2D eigenvalue weighted by Crippen LogP contribution is 2.28. The van der Waals surface area contributed by atoms with Crippen molar-refractivity contribution in [2.24, 2.45) is 5.92 Å². The van der Waals surface area contributed by atoms with Crippen LogP contribution in [0.25, 0.3) is 0 Å². The molecule has 2 N–H and O–H groups in total. The first-order chi connectivity index (χ1) is 9.08. The van der Waals surface area contributed by atoms with Crippen LogP contribution in [-0.4, -0.2) is 23.9 Å². The summed E-state index contributed by atoms with van der Waals surface area (Å²) in [7, 11) is 0. The Bertz CT molecular complexity index is 503. The monoisotopic (exact) mass is 267 g/mol. The number of amides is 1. The Labute approximate surface area is 109 Å². The third kappa shape index (κ3) is 3.72. The molecule has 0 saturated heterocycles. The van der Waals surface area contributed by atoms with Crippen molar-refractivity contribution >= 4 is 17.3 Å². The standard InChI is InChI=1S/C12H14FN3O3/c13-9-2-1-3-10(16(18)19)12(9)15-11(17)7-14-6-8-4-5-8/h1-3,8,14H,4-7H2,(H,15,17). The van der Waals surface area contributed by atoms with Crippen LogP contribution in [0.5, 0.6) is 0 Å². The Morgan fingerprint density at radius 2 is 2.21 bits per heavy atom. The maximum atomic E-state index is 13.5. The van der Waals surface area contributed by atoms with Gasteiger partial charge in [-0.3, -0.25) is 14.9 Å². The maximum absolute atomic E-state index is 13.5. The molecule has 0 radical (unpaired) electrons. The molecule has 0 aromatic heterocycles. The zero-order valence-corrected chi connectivity index (χ0v) is 10.2. The van der Waals surface area contributed by atoms with Gasteiger partial charge in [0.1, 0.15) is 0 Å². The topological polar surface area (TPSA) is 84.3 Å². The lowest BCUT2D eigenvalue weighted by atomic mass is 10.2. The number of carbonyl (C=O) groups is 1. The van der Waals surface area contributed by atoms with Crippen LogP contribution in [0.1, 0.15) is 12.8 Å². The Morgan fingerprint density at radius 3 is 2.84 bits per heavy atom. The van der Waals surface area contributed by atoms with Crippen molar-refractivity contribution in [2.75, 3.05) is 18.4 Å². The summed E-state index contributed by atoms with van der Waals surface area (Å²) >= 11 is 0. The third-order valence-corrected chi connectivity index (χ3v) is 2.87. The molecule has 1 saturated carbocycles. The molecule has 0 heterocycles. The van der Waals surface area contributed by atoms with Crippen LogP contribution in [0.15, 0.2) is 18.2 Å². The number of nitro groups is 1. The Hall–Kier alpha value is -2.02. The third-order valence-electron chi connectivity index (χ3n) is 2.87. The highest BCUT2D eigenvalue weighted by atomic mass is 19.1. The van der Waals surface area contributed by atoms with E-state index in [1.807, 2.05) is 0 Å². The van der Waals surface area contributed by atoms with Gasteiger partial charge in [0, 0.05) is 6.07 Å². The summed E-state index contributed by atoms with van der Waals surface area (Å²) in [6.45, 7) is 0.759. The van der Waals surface area contributed by atoms with Gasteiger partial charge in [0.25, 0.3) is 5.69 Å². The highest BCUT2D eigenvalue weighted by molar-refractivity contribution is 5.94. The largest absolute Gasteiger partial charge is 0.317 e. The Kier molecular flexibility index (Phi) is 4.06. The molecule has 1 aliphatic carbocycles. The number of nitrogens with zero attached hydrogens (tertiary/aromatic N) is 1. The predicted octanol–water partition coefficient (Wildman–Crippen LogP) is 1.67. The van der Waals surface area contributed by atoms with E-state index in [0.717, 1.165) is 31.5 Å². The molecule has 1 amide bonds. The van der Waals surface area contributed by atoms with E-state index in [1.54, 1.807) is 0 Å². The number of nitrogens with one attached hydrogen (secondary N) is 2. The van der Waals surface area contributed by atoms with E-state index in [9.17, 15) is 19.3 Å². The molecule has 0 bridgehead atoms. The highest BCUT2D eigenvalue weighted by Gasteiger charge is 2.22. The van der Waals surface area contributed by atoms with Crippen LogP contribution in [-0.2, 0) is 4.79 Å². The molecule has 2 rings (SSSR count). The fourth-order valence-corrected chi connectivity index (χ4v) is 1.68. The summed E-state index contributed by atoms with van der Waals surface area (Å²) < 4.78 is 13.5. The minimum atomic E-state index is -0.815. The second-order valence-electron chi connectivity index (χ2n) is 4.51. The number of halogens is 1. The average Bonchev–Trinajstić information content (AvgIpc) is 3.15. The molecule has 1 aliphatic rings. The first kappa shape index (κ1) is 13.4. The second-order valence-corrected chi connectivity index (χ2v) is 4.51. The molecular weight excluding hydrogens is 253 g/mol. The molecule has 102 valence electrons. The SMILES string of the molecule is O=C(CNCC1CC1)Nc1c(F)cccc1[N+](=O)[O-]. The smallest absolute Gasteiger partial charge is 0.295 e. The van der Waals surface area contributed by atoms with Crippen molar-refractivity contribution in [3.8, 4) is 0 Å². The molecule has 1 aromatic carbocycles. The van der Waals surface area contributed by atoms with Gasteiger partial charge in [-0.05, 0) is 31.4 Å². The van der Waals surface area contributed by atoms with Gasteiger partial charge in [0.15, 0.2) is 11.5 Å². The van der Waals surface area contributed by atoms with E-state index in [0.29, 0.717) is 5.92 Å². The lowest BCUT2D eigenvalue weighted by Gasteiger charge is -2.07. The van der Waals surface area contributed by atoms with Crippen molar-refractivity contribution in [1.82, 2.24) is 5.32 Å². The van der Waals surface area contributed by atoms with E-state index in [4.69, 9.17) is 0 Å². The zero-order chi connectivity index (χ0) is 13.8. The quantitative estimate of drug-likeness (QED) is 0.606. The molecule has 0 unspecified atom stereocenters. The summed E-state index contributed by atoms with van der Waals surface area (Å²) in [5, 5.41) is 15.9. The second kappa shape index (κ2) is 5.75. The molecule has 1 fully saturated rings. The summed E-state index contributed by atoms with van der Waals surface area (Å²) in [6.07, 6.45) is 2.32. The fraction of sp³-hybridized carbons (Fsp3) is 0.417. The molecule has 6 nitrogen and oxygen atoms in total. The Morgan fingerprint density at radius 1 is 1.47 bits per heavy atom.